The van der Waals surface area contributed by atoms with Crippen molar-refractivity contribution < 1.29 is 4.79 Å². The molecule has 1 heterocycles. The summed E-state index contributed by atoms with van der Waals surface area (Å²) in [7, 11) is 4.06. The van der Waals surface area contributed by atoms with Crippen molar-refractivity contribution in [2.75, 3.05) is 19.0 Å². The molecule has 4 heteroatoms. The number of fused-ring (bicyclic) bond motifs is 1. The van der Waals surface area contributed by atoms with Crippen LogP contribution < -0.4 is 4.90 Å². The lowest BCUT2D eigenvalue weighted by atomic mass is 9.84. The van der Waals surface area contributed by atoms with Crippen LogP contribution in [0.2, 0.25) is 0 Å². The molecule has 2 aromatic carbocycles. The summed E-state index contributed by atoms with van der Waals surface area (Å²) in [4.78, 5) is 19.8. The van der Waals surface area contributed by atoms with E-state index in [1.807, 2.05) is 14.1 Å². The molecule has 0 saturated carbocycles. The second kappa shape index (κ2) is 7.00. The molecule has 0 unspecified atom stereocenters. The molecule has 0 amide bonds. The van der Waals surface area contributed by atoms with Gasteiger partial charge in [0.15, 0.2) is 5.78 Å². The number of rotatable bonds is 4. The van der Waals surface area contributed by atoms with Gasteiger partial charge in [-0.1, -0.05) is 18.2 Å². The van der Waals surface area contributed by atoms with Crippen LogP contribution in [0.25, 0.3) is 0 Å². The number of nitriles is 1. The number of aliphatic imine (C=N–C) groups is 1. The second-order valence-electron chi connectivity index (χ2n) is 8.03. The molecule has 0 N–H and O–H groups in total. The molecule has 0 atom stereocenters. The van der Waals surface area contributed by atoms with E-state index in [1.54, 1.807) is 24.3 Å². The highest BCUT2D eigenvalue weighted by Gasteiger charge is 2.28. The molecular weight excluding hydrogens is 334 g/mol. The first-order valence-corrected chi connectivity index (χ1v) is 9.13. The molecular formula is C23H25N3O. The van der Waals surface area contributed by atoms with E-state index in [4.69, 9.17) is 10.3 Å². The number of nitrogens with zero attached hydrogens (tertiary/aromatic N) is 3. The summed E-state index contributed by atoms with van der Waals surface area (Å²) in [6.45, 7) is 6.34. The van der Waals surface area contributed by atoms with Crippen molar-refractivity contribution in [3.8, 4) is 6.07 Å². The number of aryl methyl sites for hydroxylation is 1. The van der Waals surface area contributed by atoms with Gasteiger partial charge in [-0.3, -0.25) is 9.79 Å². The number of benzene rings is 2. The number of anilines is 1. The molecule has 27 heavy (non-hydrogen) atoms. The maximum absolute atomic E-state index is 12.8. The van der Waals surface area contributed by atoms with Crippen molar-refractivity contribution in [1.82, 2.24) is 0 Å². The van der Waals surface area contributed by atoms with E-state index in [9.17, 15) is 4.79 Å². The fourth-order valence-electron chi connectivity index (χ4n) is 3.70. The Balaban J connectivity index is 1.98. The maximum atomic E-state index is 12.8. The van der Waals surface area contributed by atoms with Crippen molar-refractivity contribution in [2.24, 2.45) is 4.99 Å². The summed E-state index contributed by atoms with van der Waals surface area (Å²) in [6, 6.07) is 13.3. The molecule has 0 aliphatic carbocycles. The van der Waals surface area contributed by atoms with Gasteiger partial charge in [-0.05, 0) is 56.5 Å². The Bertz CT molecular complexity index is 960. The van der Waals surface area contributed by atoms with E-state index in [0.717, 1.165) is 23.4 Å². The molecule has 138 valence electrons. The van der Waals surface area contributed by atoms with Gasteiger partial charge >= 0.3 is 0 Å². The van der Waals surface area contributed by atoms with Gasteiger partial charge in [0.05, 0.1) is 29.3 Å². The number of hydrogen-bond acceptors (Lipinski definition) is 4. The first-order chi connectivity index (χ1) is 12.7. The molecule has 4 nitrogen and oxygen atoms in total. The van der Waals surface area contributed by atoms with Gasteiger partial charge in [0.2, 0.25) is 0 Å². The third-order valence-corrected chi connectivity index (χ3v) is 4.94. The smallest absolute Gasteiger partial charge is 0.168 e. The Hall–Kier alpha value is -2.93. The molecule has 0 saturated heterocycles. The first-order valence-electron chi connectivity index (χ1n) is 9.13. The van der Waals surface area contributed by atoms with Crippen LogP contribution in [0.5, 0.6) is 0 Å². The van der Waals surface area contributed by atoms with Crippen molar-refractivity contribution in [1.29, 1.82) is 5.26 Å². The highest BCUT2D eigenvalue weighted by molar-refractivity contribution is 6.17. The number of carbonyl (C=O) groups is 1. The SMILES string of the molecule is Cc1cc2c(cc1N(C)C)C(CC(=O)c1ccc(C#N)cc1)=NC(C)(C)C2. The van der Waals surface area contributed by atoms with Gasteiger partial charge < -0.3 is 4.90 Å². The summed E-state index contributed by atoms with van der Waals surface area (Å²) < 4.78 is 0. The quantitative estimate of drug-likeness (QED) is 0.764. The van der Waals surface area contributed by atoms with Crippen molar-refractivity contribution in [2.45, 2.75) is 39.2 Å². The fourth-order valence-corrected chi connectivity index (χ4v) is 3.70. The van der Waals surface area contributed by atoms with Gasteiger partial charge in [-0.25, -0.2) is 0 Å². The van der Waals surface area contributed by atoms with E-state index in [1.165, 1.54) is 11.1 Å². The van der Waals surface area contributed by atoms with Crippen LogP contribution in [-0.4, -0.2) is 31.1 Å². The lowest BCUT2D eigenvalue weighted by molar-refractivity contribution is 0.100. The van der Waals surface area contributed by atoms with Crippen LogP contribution in [-0.2, 0) is 6.42 Å². The predicted molar refractivity (Wildman–Crippen MR) is 110 cm³/mol. The van der Waals surface area contributed by atoms with Crippen LogP contribution in [0.15, 0.2) is 41.4 Å². The van der Waals surface area contributed by atoms with Gasteiger partial charge in [0, 0.05) is 30.9 Å². The van der Waals surface area contributed by atoms with Gasteiger partial charge in [-0.2, -0.15) is 5.26 Å². The topological polar surface area (TPSA) is 56.5 Å². The van der Waals surface area contributed by atoms with Gasteiger partial charge in [-0.15, -0.1) is 0 Å². The molecule has 0 aromatic heterocycles. The molecule has 0 radical (unpaired) electrons. The van der Waals surface area contributed by atoms with E-state index in [2.05, 4.69) is 43.9 Å². The number of hydrogen-bond donors (Lipinski definition) is 0. The van der Waals surface area contributed by atoms with Crippen molar-refractivity contribution in [3.63, 3.8) is 0 Å². The van der Waals surface area contributed by atoms with Crippen LogP contribution in [0, 0.1) is 18.3 Å². The van der Waals surface area contributed by atoms with Crippen molar-refractivity contribution >= 4 is 17.2 Å². The third kappa shape index (κ3) is 3.93. The first kappa shape index (κ1) is 18.8. The zero-order valence-electron chi connectivity index (χ0n) is 16.6. The van der Waals surface area contributed by atoms with Crippen LogP contribution in [0.1, 0.15) is 52.9 Å². The summed E-state index contributed by atoms with van der Waals surface area (Å²) in [6.07, 6.45) is 1.13. The normalized spacial score (nSPS) is 14.7. The Kier molecular flexibility index (Phi) is 4.89. The average Bonchev–Trinajstić information content (AvgIpc) is 2.60. The Morgan fingerprint density at radius 1 is 1.22 bits per heavy atom. The maximum Gasteiger partial charge on any atom is 0.168 e. The Morgan fingerprint density at radius 3 is 2.48 bits per heavy atom. The Morgan fingerprint density at radius 2 is 1.89 bits per heavy atom. The summed E-state index contributed by atoms with van der Waals surface area (Å²) in [5.41, 5.74) is 6.49. The minimum absolute atomic E-state index is 0.0221. The largest absolute Gasteiger partial charge is 0.377 e. The molecule has 0 spiro atoms. The number of carbonyl (C=O) groups excluding carboxylic acids is 1. The summed E-state index contributed by atoms with van der Waals surface area (Å²) in [5, 5.41) is 8.93. The van der Waals surface area contributed by atoms with E-state index >= 15 is 0 Å². The summed E-state index contributed by atoms with van der Waals surface area (Å²) in [5.74, 6) is 0.0221. The highest BCUT2D eigenvalue weighted by atomic mass is 16.1. The number of Topliss-reactive ketones (excluding diaryl/α,β-unsaturated/α-hetero) is 1. The fraction of sp³-hybridized carbons (Fsp3) is 0.348. The average molecular weight is 359 g/mol. The number of ketones is 1. The van der Waals surface area contributed by atoms with Gasteiger partial charge in [0.1, 0.15) is 0 Å². The third-order valence-electron chi connectivity index (χ3n) is 4.94. The predicted octanol–water partition coefficient (Wildman–Crippen LogP) is 4.33. The zero-order valence-corrected chi connectivity index (χ0v) is 16.6. The molecule has 3 rings (SSSR count). The molecule has 0 bridgehead atoms. The van der Waals surface area contributed by atoms with Gasteiger partial charge in [0.25, 0.3) is 0 Å². The van der Waals surface area contributed by atoms with E-state index < -0.39 is 0 Å². The molecule has 1 aliphatic rings. The van der Waals surface area contributed by atoms with E-state index in [0.29, 0.717) is 11.1 Å². The van der Waals surface area contributed by atoms with Crippen LogP contribution in [0.3, 0.4) is 0 Å². The lowest BCUT2D eigenvalue weighted by Gasteiger charge is -2.31. The van der Waals surface area contributed by atoms with Crippen LogP contribution >= 0.6 is 0 Å². The Labute approximate surface area is 161 Å². The minimum atomic E-state index is -0.223. The van der Waals surface area contributed by atoms with Crippen molar-refractivity contribution in [3.05, 3.63) is 64.2 Å². The molecule has 2 aromatic rings. The zero-order chi connectivity index (χ0) is 19.8. The highest BCUT2D eigenvalue weighted by Crippen LogP contribution is 2.33. The molecule has 0 fully saturated rings. The monoisotopic (exact) mass is 359 g/mol. The second-order valence-corrected chi connectivity index (χ2v) is 8.03. The standard InChI is InChI=1S/C23H25N3O/c1-15-10-18-13-23(2,3)25-20(19(18)11-21(15)26(4)5)12-22(27)17-8-6-16(14-24)7-9-17/h6-11H,12-13H2,1-5H3. The lowest BCUT2D eigenvalue weighted by Crippen LogP contribution is -2.30. The van der Waals surface area contributed by atoms with Crippen LogP contribution in [0.4, 0.5) is 5.69 Å². The minimum Gasteiger partial charge on any atom is -0.377 e. The summed E-state index contributed by atoms with van der Waals surface area (Å²) >= 11 is 0. The van der Waals surface area contributed by atoms with E-state index in [-0.39, 0.29) is 17.7 Å². The molecule has 1 aliphatic heterocycles.